The number of anilines is 1. The fourth-order valence-corrected chi connectivity index (χ4v) is 4.97. The van der Waals surface area contributed by atoms with E-state index in [-0.39, 0.29) is 11.7 Å². The normalized spacial score (nSPS) is 11.3. The van der Waals surface area contributed by atoms with Crippen LogP contribution >= 0.6 is 34.7 Å². The second-order valence-electron chi connectivity index (χ2n) is 7.24. The number of rotatable bonds is 6. The van der Waals surface area contributed by atoms with Crippen LogP contribution in [-0.2, 0) is 11.2 Å². The van der Waals surface area contributed by atoms with E-state index in [1.54, 1.807) is 12.3 Å². The lowest BCUT2D eigenvalue weighted by molar-refractivity contribution is -0.113. The Kier molecular flexibility index (Phi) is 5.77. The van der Waals surface area contributed by atoms with Crippen LogP contribution in [-0.4, -0.2) is 36.8 Å². The van der Waals surface area contributed by atoms with Gasteiger partial charge in [0, 0.05) is 33.4 Å². The minimum atomic E-state index is -0.168. The van der Waals surface area contributed by atoms with Crippen molar-refractivity contribution in [3.8, 4) is 0 Å². The highest BCUT2D eigenvalue weighted by molar-refractivity contribution is 7.99. The number of aryl methyl sites for hydroxylation is 1. The molecule has 5 aromatic rings. The van der Waals surface area contributed by atoms with Crippen molar-refractivity contribution in [2.24, 2.45) is 0 Å². The van der Waals surface area contributed by atoms with Gasteiger partial charge >= 0.3 is 0 Å². The molecule has 32 heavy (non-hydrogen) atoms. The molecule has 0 aliphatic heterocycles. The summed E-state index contributed by atoms with van der Waals surface area (Å²) in [7, 11) is 0. The highest BCUT2D eigenvalue weighted by Gasteiger charge is 2.12. The van der Waals surface area contributed by atoms with E-state index in [0.717, 1.165) is 22.2 Å². The highest BCUT2D eigenvalue weighted by Crippen LogP contribution is 2.26. The molecule has 2 aromatic carbocycles. The number of aromatic amines is 1. The number of thiazole rings is 1. The van der Waals surface area contributed by atoms with Crippen LogP contribution in [0.3, 0.4) is 0 Å². The van der Waals surface area contributed by atoms with Crippen LogP contribution in [0.15, 0.2) is 53.8 Å². The smallest absolute Gasteiger partial charge is 0.236 e. The first-order valence-electron chi connectivity index (χ1n) is 9.78. The Hall–Kier alpha value is -3.01. The predicted octanol–water partition coefficient (Wildman–Crippen LogP) is 5.25. The Morgan fingerprint density at radius 2 is 2.12 bits per heavy atom. The van der Waals surface area contributed by atoms with E-state index >= 15 is 0 Å². The van der Waals surface area contributed by atoms with Gasteiger partial charge in [-0.15, -0.1) is 21.5 Å². The summed E-state index contributed by atoms with van der Waals surface area (Å²) in [5.74, 6) is -0.00921. The molecule has 0 atom stereocenters. The number of nitrogens with one attached hydrogen (secondary N) is 2. The third-order valence-corrected chi connectivity index (χ3v) is 6.74. The molecule has 160 valence electrons. The molecule has 0 unspecified atom stereocenters. The Morgan fingerprint density at radius 3 is 3.00 bits per heavy atom. The predicted molar refractivity (Wildman–Crippen MR) is 130 cm³/mol. The van der Waals surface area contributed by atoms with Crippen LogP contribution in [0.2, 0.25) is 5.02 Å². The monoisotopic (exact) mass is 480 g/mol. The maximum Gasteiger partial charge on any atom is 0.236 e. The molecule has 0 fully saturated rings. The van der Waals surface area contributed by atoms with Crippen LogP contribution in [0.1, 0.15) is 16.0 Å². The number of nitrogens with zero attached hydrogens (tertiary/aromatic N) is 4. The first-order valence-corrected chi connectivity index (χ1v) is 12.0. The number of thioether (sulfide) groups is 1. The number of hydrogen-bond acceptors (Lipinski definition) is 7. The van der Waals surface area contributed by atoms with Crippen molar-refractivity contribution in [3.63, 3.8) is 0 Å². The van der Waals surface area contributed by atoms with Gasteiger partial charge in [0.25, 0.3) is 0 Å². The summed E-state index contributed by atoms with van der Waals surface area (Å²) in [5, 5.41) is 13.7. The summed E-state index contributed by atoms with van der Waals surface area (Å²) in [4.78, 5) is 25.5. The van der Waals surface area contributed by atoms with Gasteiger partial charge in [0.2, 0.25) is 11.1 Å². The minimum Gasteiger partial charge on any atom is -0.338 e. The fourth-order valence-electron chi connectivity index (χ4n) is 3.35. The van der Waals surface area contributed by atoms with Gasteiger partial charge in [-0.3, -0.25) is 4.79 Å². The number of fused-ring (bicyclic) bond motifs is 3. The average Bonchev–Trinajstić information content (AvgIpc) is 3.35. The van der Waals surface area contributed by atoms with E-state index in [2.05, 4.69) is 55.6 Å². The molecule has 0 saturated heterocycles. The van der Waals surface area contributed by atoms with Crippen molar-refractivity contribution in [1.29, 1.82) is 0 Å². The summed E-state index contributed by atoms with van der Waals surface area (Å²) in [5.41, 5.74) is 4.60. The zero-order valence-corrected chi connectivity index (χ0v) is 19.3. The number of benzene rings is 2. The van der Waals surface area contributed by atoms with E-state index in [4.69, 9.17) is 11.6 Å². The lowest BCUT2D eigenvalue weighted by atomic mass is 10.1. The molecule has 0 saturated carbocycles. The molecule has 0 aliphatic rings. The zero-order chi connectivity index (χ0) is 22.1. The lowest BCUT2D eigenvalue weighted by Crippen LogP contribution is -2.14. The molecule has 1 amide bonds. The van der Waals surface area contributed by atoms with Crippen molar-refractivity contribution in [2.75, 3.05) is 11.1 Å². The maximum absolute atomic E-state index is 12.4. The molecule has 7 nitrogen and oxygen atoms in total. The summed E-state index contributed by atoms with van der Waals surface area (Å²) >= 11 is 8.77. The van der Waals surface area contributed by atoms with Crippen molar-refractivity contribution < 1.29 is 4.79 Å². The van der Waals surface area contributed by atoms with Gasteiger partial charge in [0.05, 0.1) is 5.75 Å². The van der Waals surface area contributed by atoms with Gasteiger partial charge in [0.1, 0.15) is 5.52 Å². The average molecular weight is 481 g/mol. The van der Waals surface area contributed by atoms with Crippen LogP contribution in [0.5, 0.6) is 0 Å². The van der Waals surface area contributed by atoms with E-state index in [1.807, 2.05) is 18.2 Å². The molecule has 0 aliphatic carbocycles. The van der Waals surface area contributed by atoms with E-state index in [9.17, 15) is 4.79 Å². The topological polar surface area (TPSA) is 96.5 Å². The van der Waals surface area contributed by atoms with Crippen molar-refractivity contribution in [3.05, 3.63) is 69.7 Å². The maximum atomic E-state index is 12.4. The molecule has 0 spiro atoms. The minimum absolute atomic E-state index is 0.159. The molecule has 10 heteroatoms. The number of halogens is 1. The first-order chi connectivity index (χ1) is 15.5. The van der Waals surface area contributed by atoms with Gasteiger partial charge in [-0.25, -0.2) is 9.97 Å². The molecule has 3 aromatic heterocycles. The molecule has 3 heterocycles. The summed E-state index contributed by atoms with van der Waals surface area (Å²) < 4.78 is 0. The first kappa shape index (κ1) is 20.9. The number of H-pyrrole nitrogens is 1. The lowest BCUT2D eigenvalue weighted by Gasteiger charge is -2.01. The summed E-state index contributed by atoms with van der Waals surface area (Å²) in [6, 6.07) is 13.9. The summed E-state index contributed by atoms with van der Waals surface area (Å²) in [6.45, 7) is 2.07. The van der Waals surface area contributed by atoms with Gasteiger partial charge in [-0.1, -0.05) is 53.2 Å². The van der Waals surface area contributed by atoms with Crippen LogP contribution < -0.4 is 5.32 Å². The van der Waals surface area contributed by atoms with Crippen molar-refractivity contribution in [2.45, 2.75) is 18.5 Å². The van der Waals surface area contributed by atoms with Crippen molar-refractivity contribution in [1.82, 2.24) is 25.1 Å². The molecular formula is C22H17ClN6OS2. The SMILES string of the molecule is Cc1cccc(Cc2cnc(NC(=O)CSc3nnc4c(n3)[nH]c3ccc(Cl)cc34)s2)c1. The summed E-state index contributed by atoms with van der Waals surface area (Å²) in [6.07, 6.45) is 2.60. The Labute approximate surface area is 196 Å². The second kappa shape index (κ2) is 8.85. The fraction of sp³-hybridized carbons (Fsp3) is 0.136. The molecule has 2 N–H and O–H groups in total. The number of carbonyl (C=O) groups is 1. The van der Waals surface area contributed by atoms with Gasteiger partial charge in [-0.05, 0) is 30.7 Å². The Bertz CT molecular complexity index is 1450. The van der Waals surface area contributed by atoms with E-state index < -0.39 is 0 Å². The van der Waals surface area contributed by atoms with Crippen LogP contribution in [0, 0.1) is 6.92 Å². The quantitative estimate of drug-likeness (QED) is 0.322. The number of amides is 1. The largest absolute Gasteiger partial charge is 0.338 e. The third-order valence-electron chi connectivity index (χ3n) is 4.75. The van der Waals surface area contributed by atoms with Gasteiger partial charge in [-0.2, -0.15) is 0 Å². The molecule has 5 rings (SSSR count). The Balaban J connectivity index is 1.21. The molecule has 0 radical (unpaired) electrons. The highest BCUT2D eigenvalue weighted by atomic mass is 35.5. The number of carbonyl (C=O) groups excluding carboxylic acids is 1. The molecular weight excluding hydrogens is 464 g/mol. The van der Waals surface area contributed by atoms with Crippen LogP contribution in [0.4, 0.5) is 5.13 Å². The van der Waals surface area contributed by atoms with Crippen LogP contribution in [0.25, 0.3) is 22.1 Å². The number of aromatic nitrogens is 5. The standard InChI is InChI=1S/C22H17ClN6OS2/c1-12-3-2-4-13(7-12)8-15-10-24-21(32-15)26-18(30)11-31-22-27-20-19(28-29-22)16-9-14(23)5-6-17(16)25-20/h2-7,9-10H,8,11H2,1H3,(H,24,26,30)(H,25,27,29). The Morgan fingerprint density at radius 1 is 1.22 bits per heavy atom. The van der Waals surface area contributed by atoms with Gasteiger partial charge < -0.3 is 10.3 Å². The molecule has 0 bridgehead atoms. The zero-order valence-electron chi connectivity index (χ0n) is 16.9. The number of hydrogen-bond donors (Lipinski definition) is 2. The second-order valence-corrected chi connectivity index (χ2v) is 9.74. The van der Waals surface area contributed by atoms with E-state index in [0.29, 0.717) is 26.5 Å². The van der Waals surface area contributed by atoms with Gasteiger partial charge in [0.15, 0.2) is 10.8 Å². The third kappa shape index (κ3) is 4.59. The van der Waals surface area contributed by atoms with E-state index in [1.165, 1.54) is 34.2 Å². The van der Waals surface area contributed by atoms with Crippen molar-refractivity contribution >= 4 is 67.8 Å².